The minimum Gasteiger partial charge on any atom is -0.478 e. The Morgan fingerprint density at radius 2 is 1.65 bits per heavy atom. The van der Waals surface area contributed by atoms with Crippen LogP contribution >= 0.6 is 0 Å². The number of unbranched alkanes of at least 4 members (excludes halogenated alkanes) is 1. The zero-order chi connectivity index (χ0) is 15.0. The van der Waals surface area contributed by atoms with Crippen LogP contribution < -0.4 is 0 Å². The van der Waals surface area contributed by atoms with Gasteiger partial charge in [-0.1, -0.05) is 6.92 Å². The summed E-state index contributed by atoms with van der Waals surface area (Å²) in [5.74, 6) is -2.24. The van der Waals surface area contributed by atoms with Crippen LogP contribution in [0.25, 0.3) is 0 Å². The molecule has 0 radical (unpaired) electrons. The fourth-order valence-corrected chi connectivity index (χ4v) is 2.34. The summed E-state index contributed by atoms with van der Waals surface area (Å²) in [6.07, 6.45) is 2.11. The molecule has 0 saturated carbocycles. The molecule has 0 aromatic rings. The van der Waals surface area contributed by atoms with E-state index >= 15 is 0 Å². The van der Waals surface area contributed by atoms with Gasteiger partial charge in [0.15, 0.2) is 0 Å². The number of carboxylic acid groups (broad SMARTS) is 2. The van der Waals surface area contributed by atoms with E-state index in [0.717, 1.165) is 39.3 Å². The smallest absolute Gasteiger partial charge is 0.332 e. The van der Waals surface area contributed by atoms with Crippen LogP contribution in [0.5, 0.6) is 0 Å². The van der Waals surface area contributed by atoms with Gasteiger partial charge in [-0.25, -0.2) is 9.59 Å². The van der Waals surface area contributed by atoms with Gasteiger partial charge >= 0.3 is 11.9 Å². The average Bonchev–Trinajstić information content (AvgIpc) is 2.42. The van der Waals surface area contributed by atoms with Crippen molar-refractivity contribution in [3.05, 3.63) is 11.1 Å². The predicted molar refractivity (Wildman–Crippen MR) is 73.7 cm³/mol. The molecule has 0 amide bonds. The first-order valence-corrected chi connectivity index (χ1v) is 7.05. The first-order chi connectivity index (χ1) is 9.56. The van der Waals surface area contributed by atoms with E-state index in [1.807, 2.05) is 0 Å². The molecule has 1 aliphatic rings. The Bertz CT molecular complexity index is 372. The van der Waals surface area contributed by atoms with Crippen LogP contribution in [0, 0.1) is 0 Å². The van der Waals surface area contributed by atoms with Crippen molar-refractivity contribution in [2.75, 3.05) is 32.8 Å². The van der Waals surface area contributed by atoms with Gasteiger partial charge in [0.1, 0.15) is 0 Å². The van der Waals surface area contributed by atoms with Crippen LogP contribution in [0.15, 0.2) is 11.1 Å². The number of ether oxygens (including phenoxy) is 1. The fourth-order valence-electron chi connectivity index (χ4n) is 2.34. The van der Waals surface area contributed by atoms with Crippen LogP contribution in [-0.2, 0) is 14.3 Å². The van der Waals surface area contributed by atoms with Gasteiger partial charge in [0.05, 0.1) is 13.2 Å². The molecular formula is C14H23NO5. The molecule has 0 unspecified atom stereocenters. The summed E-state index contributed by atoms with van der Waals surface area (Å²) < 4.78 is 5.26. The van der Waals surface area contributed by atoms with Crippen molar-refractivity contribution in [3.8, 4) is 0 Å². The van der Waals surface area contributed by atoms with Crippen LogP contribution in [0.1, 0.15) is 32.6 Å². The monoisotopic (exact) mass is 285 g/mol. The van der Waals surface area contributed by atoms with E-state index in [2.05, 4.69) is 4.90 Å². The first kappa shape index (κ1) is 16.7. The van der Waals surface area contributed by atoms with E-state index in [4.69, 9.17) is 14.9 Å². The molecule has 0 bridgehead atoms. The maximum atomic E-state index is 11.2. The number of hydrogen-bond acceptors (Lipinski definition) is 4. The molecule has 0 aromatic heterocycles. The second-order valence-electron chi connectivity index (χ2n) is 4.83. The van der Waals surface area contributed by atoms with Gasteiger partial charge in [0.25, 0.3) is 0 Å². The third-order valence-corrected chi connectivity index (χ3v) is 3.49. The van der Waals surface area contributed by atoms with Crippen molar-refractivity contribution in [1.29, 1.82) is 0 Å². The molecule has 1 aliphatic heterocycles. The molecule has 20 heavy (non-hydrogen) atoms. The lowest BCUT2D eigenvalue weighted by Gasteiger charge is -2.26. The molecule has 0 spiro atoms. The van der Waals surface area contributed by atoms with Crippen LogP contribution in [0.4, 0.5) is 0 Å². The Morgan fingerprint density at radius 3 is 2.15 bits per heavy atom. The molecule has 0 aliphatic carbocycles. The summed E-state index contributed by atoms with van der Waals surface area (Å²) in [4.78, 5) is 24.4. The third-order valence-electron chi connectivity index (χ3n) is 3.49. The van der Waals surface area contributed by atoms with Crippen molar-refractivity contribution in [2.24, 2.45) is 0 Å². The van der Waals surface area contributed by atoms with Crippen molar-refractivity contribution >= 4 is 11.9 Å². The second-order valence-corrected chi connectivity index (χ2v) is 4.83. The SMILES string of the molecule is CC/C(C(=O)O)=C(/CCCCN1CCOCC1)C(=O)O. The summed E-state index contributed by atoms with van der Waals surface area (Å²) in [5.41, 5.74) is 0.0610. The van der Waals surface area contributed by atoms with Crippen molar-refractivity contribution in [3.63, 3.8) is 0 Å². The topological polar surface area (TPSA) is 87.1 Å². The van der Waals surface area contributed by atoms with Gasteiger partial charge in [-0.2, -0.15) is 0 Å². The molecular weight excluding hydrogens is 262 g/mol. The first-order valence-electron chi connectivity index (χ1n) is 7.05. The van der Waals surface area contributed by atoms with Gasteiger partial charge in [0.2, 0.25) is 0 Å². The zero-order valence-electron chi connectivity index (χ0n) is 11.9. The number of rotatable bonds is 8. The quantitative estimate of drug-likeness (QED) is 0.517. The van der Waals surface area contributed by atoms with E-state index in [9.17, 15) is 9.59 Å². The maximum absolute atomic E-state index is 11.2. The Morgan fingerprint density at radius 1 is 1.05 bits per heavy atom. The Labute approximate surface area is 119 Å². The fraction of sp³-hybridized carbons (Fsp3) is 0.714. The molecule has 1 rings (SSSR count). The Balaban J connectivity index is 2.43. The van der Waals surface area contributed by atoms with E-state index < -0.39 is 11.9 Å². The number of hydrogen-bond donors (Lipinski definition) is 2. The molecule has 1 fully saturated rings. The number of carbonyl (C=O) groups is 2. The molecule has 6 nitrogen and oxygen atoms in total. The highest BCUT2D eigenvalue weighted by Gasteiger charge is 2.18. The molecule has 114 valence electrons. The van der Waals surface area contributed by atoms with E-state index in [1.165, 1.54) is 0 Å². The summed E-state index contributed by atoms with van der Waals surface area (Å²) in [5, 5.41) is 18.1. The van der Waals surface area contributed by atoms with Gasteiger partial charge in [-0.3, -0.25) is 4.90 Å². The predicted octanol–water partition coefficient (Wildman–Crippen LogP) is 1.36. The summed E-state index contributed by atoms with van der Waals surface area (Å²) in [7, 11) is 0. The Kier molecular flexibility index (Phi) is 7.25. The molecule has 2 N–H and O–H groups in total. The van der Waals surface area contributed by atoms with Gasteiger partial charge in [-0.15, -0.1) is 0 Å². The molecule has 0 atom stereocenters. The Hall–Kier alpha value is -1.40. The number of carboxylic acids is 2. The minimum atomic E-state index is -1.13. The lowest BCUT2D eigenvalue weighted by atomic mass is 10.0. The summed E-state index contributed by atoms with van der Waals surface area (Å²) in [6.45, 7) is 5.90. The zero-order valence-corrected chi connectivity index (χ0v) is 11.9. The van der Waals surface area contributed by atoms with Crippen LogP contribution in [-0.4, -0.2) is 59.9 Å². The van der Waals surface area contributed by atoms with Crippen molar-refractivity contribution < 1.29 is 24.5 Å². The number of nitrogens with zero attached hydrogens (tertiary/aromatic N) is 1. The highest BCUT2D eigenvalue weighted by Crippen LogP contribution is 2.17. The maximum Gasteiger partial charge on any atom is 0.332 e. The largest absolute Gasteiger partial charge is 0.478 e. The molecule has 1 heterocycles. The van der Waals surface area contributed by atoms with Gasteiger partial charge in [0, 0.05) is 24.2 Å². The van der Waals surface area contributed by atoms with E-state index in [1.54, 1.807) is 6.92 Å². The lowest BCUT2D eigenvalue weighted by molar-refractivity contribution is -0.136. The number of aliphatic carboxylic acids is 2. The van der Waals surface area contributed by atoms with Crippen molar-refractivity contribution in [1.82, 2.24) is 4.90 Å². The molecule has 6 heteroatoms. The highest BCUT2D eigenvalue weighted by molar-refractivity contribution is 5.98. The summed E-state index contributed by atoms with van der Waals surface area (Å²) >= 11 is 0. The van der Waals surface area contributed by atoms with Gasteiger partial charge in [-0.05, 0) is 32.2 Å². The lowest BCUT2D eigenvalue weighted by Crippen LogP contribution is -2.36. The minimum absolute atomic E-state index is 0.0175. The molecule has 0 aromatic carbocycles. The van der Waals surface area contributed by atoms with Crippen LogP contribution in [0.3, 0.4) is 0 Å². The summed E-state index contributed by atoms with van der Waals surface area (Å²) in [6, 6.07) is 0. The van der Waals surface area contributed by atoms with Crippen molar-refractivity contribution in [2.45, 2.75) is 32.6 Å². The van der Waals surface area contributed by atoms with Gasteiger partial charge < -0.3 is 14.9 Å². The van der Waals surface area contributed by atoms with Crippen LogP contribution in [0.2, 0.25) is 0 Å². The average molecular weight is 285 g/mol. The highest BCUT2D eigenvalue weighted by atomic mass is 16.5. The third kappa shape index (κ3) is 5.30. The van der Waals surface area contributed by atoms with E-state index in [0.29, 0.717) is 12.8 Å². The second kappa shape index (κ2) is 8.71. The number of morpholine rings is 1. The standard InChI is InChI=1S/C14H23NO5/c1-2-11(13(16)17)12(14(18)19)5-3-4-6-15-7-9-20-10-8-15/h2-10H2,1H3,(H,16,17)(H,18,19)/b12-11+. The normalized spacial score (nSPS) is 17.6. The van der Waals surface area contributed by atoms with E-state index in [-0.39, 0.29) is 17.6 Å². The molecule has 1 saturated heterocycles.